The van der Waals surface area contributed by atoms with E-state index in [2.05, 4.69) is 0 Å². The van der Waals surface area contributed by atoms with Crippen LogP contribution in [-0.2, 0) is 14.4 Å². The molecule has 0 unspecified atom stereocenters. The second kappa shape index (κ2) is 6.22. The average Bonchev–Trinajstić information content (AvgIpc) is 2.28. The number of nitrogens with zero attached hydrogens (tertiary/aromatic N) is 2. The van der Waals surface area contributed by atoms with Gasteiger partial charge in [0.1, 0.15) is 0 Å². The lowest BCUT2D eigenvalue weighted by molar-refractivity contribution is -0.139. The first-order valence-electron chi connectivity index (χ1n) is 5.72. The largest absolute Gasteiger partial charge is 0.481 e. The first kappa shape index (κ1) is 13.5. The van der Waals surface area contributed by atoms with Gasteiger partial charge in [-0.2, -0.15) is 0 Å². The molecule has 0 bridgehead atoms. The van der Waals surface area contributed by atoms with Gasteiger partial charge in [0.25, 0.3) is 0 Å². The van der Waals surface area contributed by atoms with Gasteiger partial charge in [-0.3, -0.25) is 14.4 Å². The summed E-state index contributed by atoms with van der Waals surface area (Å²) in [6.07, 6.45) is 1.06. The molecular formula is C11H18N2O4. The van der Waals surface area contributed by atoms with Crippen molar-refractivity contribution >= 4 is 18.3 Å². The molecule has 1 N–H and O–H groups in total. The van der Waals surface area contributed by atoms with Gasteiger partial charge >= 0.3 is 5.97 Å². The molecule has 1 heterocycles. The highest BCUT2D eigenvalue weighted by Gasteiger charge is 2.22. The van der Waals surface area contributed by atoms with Crippen LogP contribution in [0.5, 0.6) is 0 Å². The Hall–Kier alpha value is -1.59. The van der Waals surface area contributed by atoms with Crippen molar-refractivity contribution in [3.05, 3.63) is 0 Å². The molecule has 0 aliphatic carbocycles. The minimum Gasteiger partial charge on any atom is -0.481 e. The van der Waals surface area contributed by atoms with Crippen molar-refractivity contribution in [3.63, 3.8) is 0 Å². The van der Waals surface area contributed by atoms with Gasteiger partial charge in [-0.1, -0.05) is 6.92 Å². The third-order valence-electron chi connectivity index (χ3n) is 2.86. The Morgan fingerprint density at radius 3 is 2.29 bits per heavy atom. The summed E-state index contributed by atoms with van der Waals surface area (Å²) in [4.78, 5) is 36.1. The fourth-order valence-electron chi connectivity index (χ4n) is 1.87. The Morgan fingerprint density at radius 1 is 1.24 bits per heavy atom. The highest BCUT2D eigenvalue weighted by Crippen LogP contribution is 2.11. The van der Waals surface area contributed by atoms with Crippen molar-refractivity contribution in [2.24, 2.45) is 5.92 Å². The standard InChI is InChI=1S/C11H18N2O4/c1-9(7-11(16)17)6-10(15)13-4-2-12(8-14)3-5-13/h8-9H,2-7H2,1H3,(H,16,17)/t9-/m0/s1. The lowest BCUT2D eigenvalue weighted by atomic mass is 10.0. The molecule has 0 radical (unpaired) electrons. The Morgan fingerprint density at radius 2 is 1.82 bits per heavy atom. The zero-order valence-electron chi connectivity index (χ0n) is 9.96. The van der Waals surface area contributed by atoms with Crippen LogP contribution in [0.25, 0.3) is 0 Å². The van der Waals surface area contributed by atoms with Crippen LogP contribution in [0.2, 0.25) is 0 Å². The van der Waals surface area contributed by atoms with Crippen LogP contribution < -0.4 is 0 Å². The normalized spacial score (nSPS) is 17.7. The van der Waals surface area contributed by atoms with E-state index < -0.39 is 5.97 Å². The van der Waals surface area contributed by atoms with E-state index in [1.54, 1.807) is 16.7 Å². The zero-order valence-corrected chi connectivity index (χ0v) is 9.96. The number of rotatable bonds is 5. The molecule has 1 atom stereocenters. The van der Waals surface area contributed by atoms with Crippen LogP contribution in [0.3, 0.4) is 0 Å². The molecule has 2 amide bonds. The number of carbonyl (C=O) groups is 3. The molecule has 0 aromatic rings. The van der Waals surface area contributed by atoms with Crippen LogP contribution in [0.1, 0.15) is 19.8 Å². The first-order chi connectivity index (χ1) is 8.02. The second-order valence-corrected chi connectivity index (χ2v) is 4.43. The van der Waals surface area contributed by atoms with Gasteiger partial charge in [-0.05, 0) is 5.92 Å². The summed E-state index contributed by atoms with van der Waals surface area (Å²) in [6.45, 7) is 3.95. The molecule has 1 aliphatic heterocycles. The third-order valence-corrected chi connectivity index (χ3v) is 2.86. The summed E-state index contributed by atoms with van der Waals surface area (Å²) in [5.41, 5.74) is 0. The maximum absolute atomic E-state index is 11.8. The molecule has 0 aromatic heterocycles. The lowest BCUT2D eigenvalue weighted by Gasteiger charge is -2.33. The molecule has 0 saturated carbocycles. The minimum absolute atomic E-state index is 0.0139. The third kappa shape index (κ3) is 4.42. The Balaban J connectivity index is 2.33. The van der Waals surface area contributed by atoms with Crippen molar-refractivity contribution in [3.8, 4) is 0 Å². The van der Waals surface area contributed by atoms with Crippen LogP contribution >= 0.6 is 0 Å². The van der Waals surface area contributed by atoms with Gasteiger partial charge in [0.05, 0.1) is 0 Å². The van der Waals surface area contributed by atoms with Gasteiger partial charge in [0, 0.05) is 39.0 Å². The number of hydrogen-bond donors (Lipinski definition) is 1. The maximum atomic E-state index is 11.8. The molecule has 1 aliphatic rings. The maximum Gasteiger partial charge on any atom is 0.303 e. The molecule has 1 fully saturated rings. The average molecular weight is 242 g/mol. The van der Waals surface area contributed by atoms with E-state index >= 15 is 0 Å². The molecule has 6 nitrogen and oxygen atoms in total. The van der Waals surface area contributed by atoms with Crippen LogP contribution in [-0.4, -0.2) is 59.4 Å². The van der Waals surface area contributed by atoms with Crippen LogP contribution in [0, 0.1) is 5.92 Å². The highest BCUT2D eigenvalue weighted by molar-refractivity contribution is 5.77. The number of carbonyl (C=O) groups excluding carboxylic acids is 2. The van der Waals surface area contributed by atoms with Gasteiger partial charge in [-0.25, -0.2) is 0 Å². The summed E-state index contributed by atoms with van der Waals surface area (Å²) in [5.74, 6) is -1.05. The van der Waals surface area contributed by atoms with E-state index in [1.807, 2.05) is 0 Å². The van der Waals surface area contributed by atoms with Crippen molar-refractivity contribution in [2.75, 3.05) is 26.2 Å². The topological polar surface area (TPSA) is 77.9 Å². The highest BCUT2D eigenvalue weighted by atomic mass is 16.4. The SMILES string of the molecule is C[C@H](CC(=O)O)CC(=O)N1CCN(C=O)CC1. The zero-order chi connectivity index (χ0) is 12.8. The van der Waals surface area contributed by atoms with E-state index in [1.165, 1.54) is 0 Å². The molecule has 96 valence electrons. The van der Waals surface area contributed by atoms with E-state index in [4.69, 9.17) is 5.11 Å². The number of carboxylic acid groups (broad SMARTS) is 1. The Bertz CT molecular complexity index is 298. The summed E-state index contributed by atoms with van der Waals surface area (Å²) in [7, 11) is 0. The van der Waals surface area contributed by atoms with Gasteiger partial charge in [-0.15, -0.1) is 0 Å². The molecule has 1 rings (SSSR count). The fourth-order valence-corrected chi connectivity index (χ4v) is 1.87. The second-order valence-electron chi connectivity index (χ2n) is 4.43. The van der Waals surface area contributed by atoms with E-state index in [0.29, 0.717) is 26.2 Å². The minimum atomic E-state index is -0.879. The number of carboxylic acids is 1. The smallest absolute Gasteiger partial charge is 0.303 e. The Kier molecular flexibility index (Phi) is 4.93. The van der Waals surface area contributed by atoms with Gasteiger partial charge in [0.15, 0.2) is 0 Å². The summed E-state index contributed by atoms with van der Waals surface area (Å²) < 4.78 is 0. The van der Waals surface area contributed by atoms with Crippen LogP contribution in [0.15, 0.2) is 0 Å². The molecule has 0 spiro atoms. The van der Waals surface area contributed by atoms with Gasteiger partial charge in [0.2, 0.25) is 12.3 Å². The lowest BCUT2D eigenvalue weighted by Crippen LogP contribution is -2.48. The molecule has 1 saturated heterocycles. The molecular weight excluding hydrogens is 224 g/mol. The summed E-state index contributed by atoms with van der Waals surface area (Å²) >= 11 is 0. The van der Waals surface area contributed by atoms with Crippen molar-refractivity contribution in [2.45, 2.75) is 19.8 Å². The van der Waals surface area contributed by atoms with Crippen LogP contribution in [0.4, 0.5) is 0 Å². The number of amides is 2. The Labute approximate surface area is 100 Å². The first-order valence-corrected chi connectivity index (χ1v) is 5.72. The predicted molar refractivity (Wildman–Crippen MR) is 60.3 cm³/mol. The molecule has 6 heteroatoms. The quantitative estimate of drug-likeness (QED) is 0.676. The number of aliphatic carboxylic acids is 1. The summed E-state index contributed by atoms with van der Waals surface area (Å²) in [6, 6.07) is 0. The van der Waals surface area contributed by atoms with Crippen molar-refractivity contribution in [1.82, 2.24) is 9.80 Å². The predicted octanol–water partition coefficient (Wildman–Crippen LogP) is -0.212. The van der Waals surface area contributed by atoms with Gasteiger partial charge < -0.3 is 14.9 Å². The van der Waals surface area contributed by atoms with E-state index in [-0.39, 0.29) is 24.7 Å². The summed E-state index contributed by atoms with van der Waals surface area (Å²) in [5, 5.41) is 8.60. The monoisotopic (exact) mass is 242 g/mol. The van der Waals surface area contributed by atoms with E-state index in [9.17, 15) is 14.4 Å². The molecule has 0 aromatic carbocycles. The molecule has 17 heavy (non-hydrogen) atoms. The van der Waals surface area contributed by atoms with Crippen molar-refractivity contribution in [1.29, 1.82) is 0 Å². The number of hydrogen-bond acceptors (Lipinski definition) is 3. The van der Waals surface area contributed by atoms with E-state index in [0.717, 1.165) is 6.41 Å². The number of piperazine rings is 1. The fraction of sp³-hybridized carbons (Fsp3) is 0.727. The van der Waals surface area contributed by atoms with Crippen molar-refractivity contribution < 1.29 is 19.5 Å².